The number of rotatable bonds is 6. The van der Waals surface area contributed by atoms with Crippen LogP contribution in [0.2, 0.25) is 0 Å². The second kappa shape index (κ2) is 7.44. The molecule has 20 heavy (non-hydrogen) atoms. The molecule has 0 aromatic heterocycles. The van der Waals surface area contributed by atoms with E-state index in [1.807, 2.05) is 0 Å². The van der Waals surface area contributed by atoms with Crippen LogP contribution in [0.3, 0.4) is 0 Å². The van der Waals surface area contributed by atoms with Crippen LogP contribution in [0.25, 0.3) is 0 Å². The Hall–Kier alpha value is -1.35. The SMILES string of the molecule is COC(CNC(=O)NC1CCS(=O)(=O)CC1)CC(=O)O. The van der Waals surface area contributed by atoms with Gasteiger partial charge in [-0.05, 0) is 12.8 Å². The largest absolute Gasteiger partial charge is 0.481 e. The summed E-state index contributed by atoms with van der Waals surface area (Å²) in [5, 5.41) is 13.8. The Morgan fingerprint density at radius 3 is 2.45 bits per heavy atom. The number of carboxylic acids is 1. The number of hydrogen-bond donors (Lipinski definition) is 3. The first kappa shape index (κ1) is 16.7. The first-order valence-corrected chi connectivity index (χ1v) is 8.14. The Kier molecular flexibility index (Phi) is 6.21. The Bertz CT molecular complexity index is 436. The van der Waals surface area contributed by atoms with E-state index in [2.05, 4.69) is 10.6 Å². The molecule has 9 heteroatoms. The van der Waals surface area contributed by atoms with Crippen LogP contribution >= 0.6 is 0 Å². The van der Waals surface area contributed by atoms with Gasteiger partial charge in [0.25, 0.3) is 0 Å². The van der Waals surface area contributed by atoms with Crippen LogP contribution in [0, 0.1) is 0 Å². The highest BCUT2D eigenvalue weighted by atomic mass is 32.2. The van der Waals surface area contributed by atoms with Crippen LogP contribution in [0.4, 0.5) is 4.79 Å². The van der Waals surface area contributed by atoms with Crippen LogP contribution < -0.4 is 10.6 Å². The minimum atomic E-state index is -2.95. The van der Waals surface area contributed by atoms with Crippen molar-refractivity contribution in [3.63, 3.8) is 0 Å². The molecule has 1 saturated heterocycles. The van der Waals surface area contributed by atoms with Gasteiger partial charge in [-0.15, -0.1) is 0 Å². The quantitative estimate of drug-likeness (QED) is 0.599. The van der Waals surface area contributed by atoms with Gasteiger partial charge < -0.3 is 20.5 Å². The zero-order valence-corrected chi connectivity index (χ0v) is 12.1. The average Bonchev–Trinajstić information content (AvgIpc) is 2.36. The molecule has 0 saturated carbocycles. The van der Waals surface area contributed by atoms with Gasteiger partial charge in [-0.1, -0.05) is 0 Å². The number of sulfone groups is 1. The van der Waals surface area contributed by atoms with Crippen molar-refractivity contribution < 1.29 is 27.9 Å². The third-order valence-corrected chi connectivity index (χ3v) is 4.83. The lowest BCUT2D eigenvalue weighted by molar-refractivity contribution is -0.139. The minimum absolute atomic E-state index is 0.0810. The third-order valence-electron chi connectivity index (χ3n) is 3.12. The molecule has 0 aliphatic carbocycles. The van der Waals surface area contributed by atoms with Crippen molar-refractivity contribution in [2.45, 2.75) is 31.4 Å². The Balaban J connectivity index is 2.28. The molecular formula is C11H20N2O6S. The second-order valence-electron chi connectivity index (χ2n) is 4.74. The van der Waals surface area contributed by atoms with Gasteiger partial charge in [-0.3, -0.25) is 4.79 Å². The smallest absolute Gasteiger partial charge is 0.315 e. The number of carbonyl (C=O) groups is 2. The van der Waals surface area contributed by atoms with Gasteiger partial charge in [-0.2, -0.15) is 0 Å². The molecule has 0 bridgehead atoms. The summed E-state index contributed by atoms with van der Waals surface area (Å²) in [4.78, 5) is 22.1. The van der Waals surface area contributed by atoms with E-state index in [0.29, 0.717) is 12.8 Å². The van der Waals surface area contributed by atoms with Crippen LogP contribution in [-0.4, -0.2) is 62.8 Å². The molecule has 1 fully saturated rings. The zero-order chi connectivity index (χ0) is 15.2. The van der Waals surface area contributed by atoms with Crippen molar-refractivity contribution in [2.75, 3.05) is 25.2 Å². The van der Waals surface area contributed by atoms with Crippen molar-refractivity contribution in [3.8, 4) is 0 Å². The molecule has 1 heterocycles. The average molecular weight is 308 g/mol. The number of amides is 2. The highest BCUT2D eigenvalue weighted by Crippen LogP contribution is 2.11. The summed E-state index contributed by atoms with van der Waals surface area (Å²) < 4.78 is 27.4. The molecule has 2 amide bonds. The van der Waals surface area contributed by atoms with E-state index in [9.17, 15) is 18.0 Å². The molecule has 1 rings (SSSR count). The van der Waals surface area contributed by atoms with Gasteiger partial charge in [0.05, 0.1) is 24.0 Å². The van der Waals surface area contributed by atoms with Crippen molar-refractivity contribution in [1.82, 2.24) is 10.6 Å². The van der Waals surface area contributed by atoms with Crippen molar-refractivity contribution >= 4 is 21.8 Å². The summed E-state index contributed by atoms with van der Waals surface area (Å²) in [6.45, 7) is 0.0830. The van der Waals surface area contributed by atoms with Crippen molar-refractivity contribution in [3.05, 3.63) is 0 Å². The molecule has 3 N–H and O–H groups in total. The summed E-state index contributed by atoms with van der Waals surface area (Å²) in [6, 6.07) is -0.610. The number of carbonyl (C=O) groups excluding carboxylic acids is 1. The van der Waals surface area contributed by atoms with Gasteiger partial charge in [-0.25, -0.2) is 13.2 Å². The normalized spacial score (nSPS) is 20.1. The summed E-state index contributed by atoms with van der Waals surface area (Å²) in [7, 11) is -1.58. The van der Waals surface area contributed by atoms with Crippen LogP contribution in [0.5, 0.6) is 0 Å². The van der Waals surface area contributed by atoms with Crippen LogP contribution in [0.15, 0.2) is 0 Å². The lowest BCUT2D eigenvalue weighted by Gasteiger charge is -2.23. The Morgan fingerprint density at radius 1 is 1.35 bits per heavy atom. The van der Waals surface area contributed by atoms with E-state index >= 15 is 0 Å². The van der Waals surface area contributed by atoms with E-state index in [0.717, 1.165) is 0 Å². The maximum Gasteiger partial charge on any atom is 0.315 e. The fourth-order valence-corrected chi connectivity index (χ4v) is 3.40. The molecule has 1 aliphatic rings. The number of carboxylic acid groups (broad SMARTS) is 1. The highest BCUT2D eigenvalue weighted by Gasteiger charge is 2.24. The van der Waals surface area contributed by atoms with E-state index < -0.39 is 27.9 Å². The summed E-state index contributed by atoms with van der Waals surface area (Å²) in [5.41, 5.74) is 0. The van der Waals surface area contributed by atoms with Gasteiger partial charge in [0.2, 0.25) is 0 Å². The molecule has 0 spiro atoms. The van der Waals surface area contributed by atoms with Gasteiger partial charge in [0.1, 0.15) is 9.84 Å². The standard InChI is InChI=1S/C11H20N2O6S/c1-19-9(6-10(14)15)7-12-11(16)13-8-2-4-20(17,18)5-3-8/h8-9H,2-7H2,1H3,(H,14,15)(H2,12,13,16). The first-order valence-electron chi connectivity index (χ1n) is 6.32. The van der Waals surface area contributed by atoms with E-state index in [-0.39, 0.29) is 30.5 Å². The molecule has 1 atom stereocenters. The van der Waals surface area contributed by atoms with E-state index in [1.54, 1.807) is 0 Å². The maximum absolute atomic E-state index is 11.6. The zero-order valence-electron chi connectivity index (χ0n) is 11.3. The highest BCUT2D eigenvalue weighted by molar-refractivity contribution is 7.91. The first-order chi connectivity index (χ1) is 9.32. The second-order valence-corrected chi connectivity index (χ2v) is 7.04. The van der Waals surface area contributed by atoms with Crippen LogP contribution in [-0.2, 0) is 19.4 Å². The maximum atomic E-state index is 11.6. The van der Waals surface area contributed by atoms with Gasteiger partial charge in [0, 0.05) is 19.7 Å². The molecule has 8 nitrogen and oxygen atoms in total. The summed E-state index contributed by atoms with van der Waals surface area (Å²) in [5.74, 6) is -0.841. The topological polar surface area (TPSA) is 122 Å². The van der Waals surface area contributed by atoms with E-state index in [4.69, 9.17) is 9.84 Å². The molecule has 0 radical (unpaired) electrons. The lowest BCUT2D eigenvalue weighted by atomic mass is 10.2. The number of ether oxygens (including phenoxy) is 1. The number of aliphatic carboxylic acids is 1. The van der Waals surface area contributed by atoms with E-state index in [1.165, 1.54) is 7.11 Å². The van der Waals surface area contributed by atoms with Crippen molar-refractivity contribution in [1.29, 1.82) is 0 Å². The molecular weight excluding hydrogens is 288 g/mol. The molecule has 1 aliphatic heterocycles. The fraction of sp³-hybridized carbons (Fsp3) is 0.818. The van der Waals surface area contributed by atoms with Crippen LogP contribution in [0.1, 0.15) is 19.3 Å². The third kappa shape index (κ3) is 6.20. The van der Waals surface area contributed by atoms with Gasteiger partial charge in [0.15, 0.2) is 0 Å². The summed E-state index contributed by atoms with van der Waals surface area (Å²) in [6.07, 6.45) is 0.0142. The van der Waals surface area contributed by atoms with Crippen molar-refractivity contribution in [2.24, 2.45) is 0 Å². The molecule has 1 unspecified atom stereocenters. The molecule has 116 valence electrons. The minimum Gasteiger partial charge on any atom is -0.481 e. The summed E-state index contributed by atoms with van der Waals surface area (Å²) >= 11 is 0. The lowest BCUT2D eigenvalue weighted by Crippen LogP contribution is -2.47. The predicted molar refractivity (Wildman–Crippen MR) is 71.3 cm³/mol. The molecule has 0 aromatic carbocycles. The number of urea groups is 1. The number of nitrogens with one attached hydrogen (secondary N) is 2. The predicted octanol–water partition coefficient (Wildman–Crippen LogP) is -0.647. The molecule has 0 aromatic rings. The number of methoxy groups -OCH3 is 1. The van der Waals surface area contributed by atoms with Gasteiger partial charge >= 0.3 is 12.0 Å². The fourth-order valence-electron chi connectivity index (χ4n) is 1.91. The Morgan fingerprint density at radius 2 is 1.95 bits per heavy atom. The Labute approximate surface area is 117 Å². The monoisotopic (exact) mass is 308 g/mol. The number of hydrogen-bond acceptors (Lipinski definition) is 5.